The minimum atomic E-state index is -4.63. The number of halogens is 3. The monoisotopic (exact) mass is 273 g/mol. The van der Waals surface area contributed by atoms with Crippen LogP contribution in [0, 0.1) is 5.92 Å². The molecule has 0 radical (unpaired) electrons. The molecule has 0 saturated carbocycles. The Labute approximate surface area is 111 Å². The molecule has 1 N–H and O–H groups in total. The fraction of sp³-hybridized carbons (Fsp3) is 0.571. The van der Waals surface area contributed by atoms with Crippen LogP contribution in [0.25, 0.3) is 0 Å². The highest BCUT2D eigenvalue weighted by Gasteiger charge is 2.31. The quantitative estimate of drug-likeness (QED) is 0.910. The van der Waals surface area contributed by atoms with E-state index in [1.807, 2.05) is 6.07 Å². The molecule has 1 aliphatic rings. The van der Waals surface area contributed by atoms with Crippen LogP contribution in [0.3, 0.4) is 0 Å². The molecule has 5 heteroatoms. The van der Waals surface area contributed by atoms with Crippen LogP contribution in [-0.2, 0) is 6.42 Å². The highest BCUT2D eigenvalue weighted by Crippen LogP contribution is 2.24. The zero-order valence-corrected chi connectivity index (χ0v) is 10.8. The summed E-state index contributed by atoms with van der Waals surface area (Å²) in [7, 11) is 0. The smallest absolute Gasteiger partial charge is 0.406 e. The summed E-state index contributed by atoms with van der Waals surface area (Å²) in [5, 5.41) is 3.42. The number of rotatable bonds is 3. The van der Waals surface area contributed by atoms with Crippen LogP contribution >= 0.6 is 0 Å². The summed E-state index contributed by atoms with van der Waals surface area (Å²) in [6.45, 7) is 3.17. The molecule has 1 aliphatic heterocycles. The van der Waals surface area contributed by atoms with E-state index in [1.165, 1.54) is 12.1 Å². The first-order chi connectivity index (χ1) is 8.92. The van der Waals surface area contributed by atoms with Gasteiger partial charge in [-0.05, 0) is 49.4 Å². The van der Waals surface area contributed by atoms with Gasteiger partial charge in [0.25, 0.3) is 0 Å². The first-order valence-corrected chi connectivity index (χ1v) is 6.50. The Morgan fingerprint density at radius 3 is 2.74 bits per heavy atom. The molecule has 2 unspecified atom stereocenters. The Morgan fingerprint density at radius 1 is 1.32 bits per heavy atom. The summed E-state index contributed by atoms with van der Waals surface area (Å²) in [5.41, 5.74) is 0.869. The van der Waals surface area contributed by atoms with Gasteiger partial charge < -0.3 is 10.1 Å². The third kappa shape index (κ3) is 4.74. The molecule has 2 rings (SSSR count). The van der Waals surface area contributed by atoms with E-state index in [1.54, 1.807) is 6.07 Å². The molecule has 1 fully saturated rings. The topological polar surface area (TPSA) is 21.3 Å². The van der Waals surface area contributed by atoms with Crippen molar-refractivity contribution in [3.63, 3.8) is 0 Å². The lowest BCUT2D eigenvalue weighted by Gasteiger charge is -2.28. The Hall–Kier alpha value is -1.23. The normalized spacial score (nSPS) is 24.2. The van der Waals surface area contributed by atoms with Crippen LogP contribution in [0.1, 0.15) is 25.3 Å². The van der Waals surface area contributed by atoms with Crippen LogP contribution in [0.4, 0.5) is 13.2 Å². The lowest BCUT2D eigenvalue weighted by atomic mass is 9.92. The van der Waals surface area contributed by atoms with Crippen LogP contribution in [0.15, 0.2) is 24.3 Å². The second kappa shape index (κ2) is 5.82. The third-order valence-electron chi connectivity index (χ3n) is 3.38. The second-order valence-electron chi connectivity index (χ2n) is 5.19. The molecule has 1 aromatic carbocycles. The molecule has 106 valence electrons. The number of hydrogen-bond acceptors (Lipinski definition) is 2. The number of alkyl halides is 3. The largest absolute Gasteiger partial charge is 0.573 e. The summed E-state index contributed by atoms with van der Waals surface area (Å²) in [6, 6.07) is 6.57. The molecule has 0 amide bonds. The fourth-order valence-electron chi connectivity index (χ4n) is 2.39. The molecule has 2 nitrogen and oxygen atoms in total. The molecule has 2 atom stereocenters. The van der Waals surface area contributed by atoms with Gasteiger partial charge in [0.1, 0.15) is 5.75 Å². The molecule has 19 heavy (non-hydrogen) atoms. The highest BCUT2D eigenvalue weighted by molar-refractivity contribution is 5.29. The molecule has 0 aromatic heterocycles. The van der Waals surface area contributed by atoms with Gasteiger partial charge in [-0.15, -0.1) is 13.2 Å². The minimum absolute atomic E-state index is 0.144. The van der Waals surface area contributed by atoms with E-state index in [0.29, 0.717) is 12.0 Å². The fourth-order valence-corrected chi connectivity index (χ4v) is 2.39. The van der Waals surface area contributed by atoms with Gasteiger partial charge >= 0.3 is 6.36 Å². The van der Waals surface area contributed by atoms with E-state index in [4.69, 9.17) is 0 Å². The molecule has 0 bridgehead atoms. The van der Waals surface area contributed by atoms with Crippen molar-refractivity contribution in [3.05, 3.63) is 29.8 Å². The molecule has 1 heterocycles. The lowest BCUT2D eigenvalue weighted by molar-refractivity contribution is -0.274. The van der Waals surface area contributed by atoms with E-state index in [2.05, 4.69) is 17.0 Å². The Bertz CT molecular complexity index is 411. The Balaban J connectivity index is 1.95. The number of piperidine rings is 1. The average molecular weight is 273 g/mol. The van der Waals surface area contributed by atoms with Crippen LogP contribution in [-0.4, -0.2) is 18.9 Å². The van der Waals surface area contributed by atoms with Gasteiger partial charge in [0.05, 0.1) is 0 Å². The molecular weight excluding hydrogens is 255 g/mol. The zero-order valence-electron chi connectivity index (χ0n) is 10.8. The molecule has 0 aliphatic carbocycles. The molecule has 1 aromatic rings. The van der Waals surface area contributed by atoms with Crippen LogP contribution in [0.5, 0.6) is 5.75 Å². The van der Waals surface area contributed by atoms with Gasteiger partial charge in [-0.2, -0.15) is 0 Å². The third-order valence-corrected chi connectivity index (χ3v) is 3.38. The summed E-state index contributed by atoms with van der Waals surface area (Å²) in [5.74, 6) is 0.533. The van der Waals surface area contributed by atoms with Gasteiger partial charge in [-0.25, -0.2) is 0 Å². The van der Waals surface area contributed by atoms with Gasteiger partial charge in [-0.1, -0.05) is 19.1 Å². The van der Waals surface area contributed by atoms with E-state index in [-0.39, 0.29) is 5.75 Å². The predicted molar refractivity (Wildman–Crippen MR) is 67.0 cm³/mol. The van der Waals surface area contributed by atoms with Crippen molar-refractivity contribution in [2.24, 2.45) is 5.92 Å². The summed E-state index contributed by atoms with van der Waals surface area (Å²) in [4.78, 5) is 0. The second-order valence-corrected chi connectivity index (χ2v) is 5.19. The van der Waals surface area contributed by atoms with E-state index < -0.39 is 6.36 Å². The van der Waals surface area contributed by atoms with Crippen molar-refractivity contribution in [3.8, 4) is 5.75 Å². The maximum Gasteiger partial charge on any atom is 0.573 e. The zero-order chi connectivity index (χ0) is 13.9. The lowest BCUT2D eigenvalue weighted by Crippen LogP contribution is -2.39. The maximum atomic E-state index is 12.1. The minimum Gasteiger partial charge on any atom is -0.406 e. The van der Waals surface area contributed by atoms with Crippen molar-refractivity contribution in [1.29, 1.82) is 0 Å². The molecular formula is C14H18F3NO. The van der Waals surface area contributed by atoms with Gasteiger partial charge in [0, 0.05) is 6.04 Å². The SMILES string of the molecule is CC1CCC(Cc2cccc(OC(F)(F)F)c2)NC1. The van der Waals surface area contributed by atoms with E-state index in [9.17, 15) is 13.2 Å². The van der Waals surface area contributed by atoms with Crippen molar-refractivity contribution in [2.45, 2.75) is 38.6 Å². The van der Waals surface area contributed by atoms with E-state index in [0.717, 1.165) is 31.4 Å². The average Bonchev–Trinajstić information content (AvgIpc) is 2.30. The van der Waals surface area contributed by atoms with Crippen LogP contribution in [0.2, 0.25) is 0 Å². The van der Waals surface area contributed by atoms with E-state index >= 15 is 0 Å². The van der Waals surface area contributed by atoms with Gasteiger partial charge in [0.15, 0.2) is 0 Å². The first-order valence-electron chi connectivity index (χ1n) is 6.50. The number of ether oxygens (including phenoxy) is 1. The van der Waals surface area contributed by atoms with Gasteiger partial charge in [-0.3, -0.25) is 0 Å². The van der Waals surface area contributed by atoms with Gasteiger partial charge in [0.2, 0.25) is 0 Å². The summed E-state index contributed by atoms with van der Waals surface area (Å²) in [6.07, 6.45) is -1.67. The van der Waals surface area contributed by atoms with Crippen molar-refractivity contribution in [2.75, 3.05) is 6.54 Å². The summed E-state index contributed by atoms with van der Waals surface area (Å²) >= 11 is 0. The van der Waals surface area contributed by atoms with Crippen molar-refractivity contribution in [1.82, 2.24) is 5.32 Å². The summed E-state index contributed by atoms with van der Waals surface area (Å²) < 4.78 is 40.3. The Morgan fingerprint density at radius 2 is 2.11 bits per heavy atom. The standard InChI is InChI=1S/C14H18F3NO/c1-10-5-6-12(18-9-10)7-11-3-2-4-13(8-11)19-14(15,16)17/h2-4,8,10,12,18H,5-7,9H2,1H3. The molecule has 0 spiro atoms. The highest BCUT2D eigenvalue weighted by atomic mass is 19.4. The first kappa shape index (κ1) is 14.2. The van der Waals surface area contributed by atoms with Crippen molar-refractivity contribution >= 4 is 0 Å². The Kier molecular flexibility index (Phi) is 4.34. The number of benzene rings is 1. The van der Waals surface area contributed by atoms with Crippen molar-refractivity contribution < 1.29 is 17.9 Å². The molecule has 1 saturated heterocycles. The number of hydrogen-bond donors (Lipinski definition) is 1. The van der Waals surface area contributed by atoms with Crippen LogP contribution < -0.4 is 10.1 Å². The number of nitrogens with one attached hydrogen (secondary N) is 1. The maximum absolute atomic E-state index is 12.1. The predicted octanol–water partition coefficient (Wildman–Crippen LogP) is 3.52.